The average molecular weight is 214 g/mol. The highest BCUT2D eigenvalue weighted by Gasteiger charge is 2.11. The Balaban J connectivity index is 3.83. The van der Waals surface area contributed by atoms with E-state index < -0.39 is 0 Å². The van der Waals surface area contributed by atoms with Crippen molar-refractivity contribution in [2.24, 2.45) is 5.92 Å². The van der Waals surface area contributed by atoms with Gasteiger partial charge in [-0.05, 0) is 19.8 Å². The fraction of sp³-hybridized carbons (Fsp3) is 1.00. The monoisotopic (exact) mass is 214 g/mol. The third-order valence-corrected chi connectivity index (χ3v) is 2.93. The zero-order valence-corrected chi connectivity index (χ0v) is 11.5. The number of rotatable bonds is 8. The molecule has 0 rings (SSSR count). The van der Waals surface area contributed by atoms with Gasteiger partial charge in [0.15, 0.2) is 0 Å². The Morgan fingerprint density at radius 3 is 2.07 bits per heavy atom. The van der Waals surface area contributed by atoms with E-state index in [0.29, 0.717) is 12.1 Å². The largest absolute Gasteiger partial charge is 0.313 e. The minimum absolute atomic E-state index is 0.600. The molecule has 0 saturated heterocycles. The second-order valence-corrected chi connectivity index (χ2v) is 5.21. The Kier molecular flexibility index (Phi) is 8.07. The van der Waals surface area contributed by atoms with Gasteiger partial charge in [0.05, 0.1) is 0 Å². The third-order valence-electron chi connectivity index (χ3n) is 2.93. The Hall–Kier alpha value is -0.0800. The standard InChI is InChI=1S/C13H30N2/c1-7-13(6)10-15(12(4)5)9-8-14-11(2)3/h11-14H,7-10H2,1-6H3. The summed E-state index contributed by atoms with van der Waals surface area (Å²) in [5.41, 5.74) is 0. The molecule has 0 aromatic rings. The second-order valence-electron chi connectivity index (χ2n) is 5.21. The number of nitrogens with zero attached hydrogens (tertiary/aromatic N) is 1. The van der Waals surface area contributed by atoms with Gasteiger partial charge in [-0.25, -0.2) is 0 Å². The molecule has 0 aliphatic heterocycles. The molecule has 15 heavy (non-hydrogen) atoms. The summed E-state index contributed by atoms with van der Waals surface area (Å²) >= 11 is 0. The lowest BCUT2D eigenvalue weighted by molar-refractivity contribution is 0.189. The van der Waals surface area contributed by atoms with E-state index >= 15 is 0 Å². The normalized spacial score (nSPS) is 14.2. The predicted molar refractivity (Wildman–Crippen MR) is 69.3 cm³/mol. The summed E-state index contributed by atoms with van der Waals surface area (Å²) in [5, 5.41) is 3.48. The highest BCUT2D eigenvalue weighted by molar-refractivity contribution is 4.67. The van der Waals surface area contributed by atoms with Gasteiger partial charge in [0.1, 0.15) is 0 Å². The number of nitrogens with one attached hydrogen (secondary N) is 1. The van der Waals surface area contributed by atoms with Gasteiger partial charge in [0.2, 0.25) is 0 Å². The molecule has 1 N–H and O–H groups in total. The van der Waals surface area contributed by atoms with Crippen molar-refractivity contribution in [3.05, 3.63) is 0 Å². The van der Waals surface area contributed by atoms with Crippen LogP contribution in [-0.4, -0.2) is 36.6 Å². The van der Waals surface area contributed by atoms with Gasteiger partial charge in [0, 0.05) is 31.7 Å². The molecule has 0 aliphatic carbocycles. The molecule has 92 valence electrons. The first-order valence-electron chi connectivity index (χ1n) is 6.44. The van der Waals surface area contributed by atoms with Gasteiger partial charge in [-0.2, -0.15) is 0 Å². The van der Waals surface area contributed by atoms with E-state index in [2.05, 4.69) is 51.8 Å². The number of hydrogen-bond donors (Lipinski definition) is 1. The molecule has 0 radical (unpaired) electrons. The van der Waals surface area contributed by atoms with Crippen molar-refractivity contribution in [1.82, 2.24) is 10.2 Å². The lowest BCUT2D eigenvalue weighted by atomic mass is 10.1. The van der Waals surface area contributed by atoms with Crippen LogP contribution >= 0.6 is 0 Å². The quantitative estimate of drug-likeness (QED) is 0.668. The first-order valence-corrected chi connectivity index (χ1v) is 6.44. The molecule has 0 heterocycles. The molecular formula is C13H30N2. The maximum Gasteiger partial charge on any atom is 0.0110 e. The van der Waals surface area contributed by atoms with Crippen LogP contribution in [0, 0.1) is 5.92 Å². The zero-order valence-electron chi connectivity index (χ0n) is 11.5. The predicted octanol–water partition coefficient (Wildman–Crippen LogP) is 2.74. The van der Waals surface area contributed by atoms with E-state index in [9.17, 15) is 0 Å². The first-order chi connectivity index (χ1) is 6.97. The lowest BCUT2D eigenvalue weighted by Crippen LogP contribution is -2.40. The molecule has 2 heteroatoms. The number of hydrogen-bond acceptors (Lipinski definition) is 2. The summed E-state index contributed by atoms with van der Waals surface area (Å²) in [4.78, 5) is 2.57. The highest BCUT2D eigenvalue weighted by Crippen LogP contribution is 2.07. The van der Waals surface area contributed by atoms with Crippen LogP contribution in [0.5, 0.6) is 0 Å². The molecular weight excluding hydrogens is 184 g/mol. The fourth-order valence-electron chi connectivity index (χ4n) is 1.59. The molecule has 1 unspecified atom stereocenters. The van der Waals surface area contributed by atoms with Crippen molar-refractivity contribution in [1.29, 1.82) is 0 Å². The van der Waals surface area contributed by atoms with Gasteiger partial charge in [-0.1, -0.05) is 34.1 Å². The summed E-state index contributed by atoms with van der Waals surface area (Å²) in [7, 11) is 0. The Labute approximate surface area is 96.4 Å². The van der Waals surface area contributed by atoms with Gasteiger partial charge in [-0.3, -0.25) is 4.90 Å². The molecule has 1 atom stereocenters. The molecule has 0 spiro atoms. The third kappa shape index (κ3) is 7.80. The van der Waals surface area contributed by atoms with Crippen molar-refractivity contribution in [3.63, 3.8) is 0 Å². The van der Waals surface area contributed by atoms with Crippen LogP contribution < -0.4 is 5.32 Å². The topological polar surface area (TPSA) is 15.3 Å². The van der Waals surface area contributed by atoms with Crippen molar-refractivity contribution in [2.45, 2.75) is 60.0 Å². The Bertz CT molecular complexity index is 143. The van der Waals surface area contributed by atoms with E-state index in [1.54, 1.807) is 0 Å². The summed E-state index contributed by atoms with van der Waals surface area (Å²) in [6.07, 6.45) is 1.28. The highest BCUT2D eigenvalue weighted by atomic mass is 15.2. The van der Waals surface area contributed by atoms with Crippen LogP contribution in [0.25, 0.3) is 0 Å². The molecule has 0 aromatic carbocycles. The summed E-state index contributed by atoms with van der Waals surface area (Å²) in [5.74, 6) is 0.812. The van der Waals surface area contributed by atoms with Crippen LogP contribution in [0.3, 0.4) is 0 Å². The van der Waals surface area contributed by atoms with Crippen molar-refractivity contribution in [2.75, 3.05) is 19.6 Å². The molecule has 0 aliphatic rings. The van der Waals surface area contributed by atoms with E-state index in [1.165, 1.54) is 19.5 Å². The molecule has 0 bridgehead atoms. The van der Waals surface area contributed by atoms with Crippen molar-refractivity contribution in [3.8, 4) is 0 Å². The van der Waals surface area contributed by atoms with Crippen LogP contribution in [0.4, 0.5) is 0 Å². The van der Waals surface area contributed by atoms with Gasteiger partial charge in [-0.15, -0.1) is 0 Å². The lowest BCUT2D eigenvalue weighted by Gasteiger charge is -2.29. The average Bonchev–Trinajstić information content (AvgIpc) is 2.15. The van der Waals surface area contributed by atoms with Crippen LogP contribution in [0.15, 0.2) is 0 Å². The minimum atomic E-state index is 0.600. The first kappa shape index (κ1) is 14.9. The van der Waals surface area contributed by atoms with Crippen molar-refractivity contribution >= 4 is 0 Å². The molecule has 0 aromatic heterocycles. The fourth-order valence-corrected chi connectivity index (χ4v) is 1.59. The molecule has 2 nitrogen and oxygen atoms in total. The van der Waals surface area contributed by atoms with Crippen LogP contribution in [0.1, 0.15) is 48.0 Å². The van der Waals surface area contributed by atoms with Crippen LogP contribution in [0.2, 0.25) is 0 Å². The summed E-state index contributed by atoms with van der Waals surface area (Å²) < 4.78 is 0. The summed E-state index contributed by atoms with van der Waals surface area (Å²) in [6.45, 7) is 17.1. The second kappa shape index (κ2) is 8.12. The van der Waals surface area contributed by atoms with Gasteiger partial charge < -0.3 is 5.32 Å². The smallest absolute Gasteiger partial charge is 0.0110 e. The molecule has 0 saturated carbocycles. The van der Waals surface area contributed by atoms with Crippen molar-refractivity contribution < 1.29 is 0 Å². The van der Waals surface area contributed by atoms with E-state index in [1.807, 2.05) is 0 Å². The minimum Gasteiger partial charge on any atom is -0.313 e. The maximum atomic E-state index is 3.48. The Morgan fingerprint density at radius 2 is 1.67 bits per heavy atom. The molecule has 0 fully saturated rings. The van der Waals surface area contributed by atoms with E-state index in [-0.39, 0.29) is 0 Å². The SMILES string of the molecule is CCC(C)CN(CCNC(C)C)C(C)C. The van der Waals surface area contributed by atoms with E-state index in [4.69, 9.17) is 0 Å². The zero-order chi connectivity index (χ0) is 11.8. The van der Waals surface area contributed by atoms with Gasteiger partial charge >= 0.3 is 0 Å². The van der Waals surface area contributed by atoms with E-state index in [0.717, 1.165) is 12.5 Å². The summed E-state index contributed by atoms with van der Waals surface area (Å²) in [6, 6.07) is 1.26. The maximum absolute atomic E-state index is 3.48. The molecule has 0 amide bonds. The van der Waals surface area contributed by atoms with Crippen LogP contribution in [-0.2, 0) is 0 Å². The van der Waals surface area contributed by atoms with Gasteiger partial charge in [0.25, 0.3) is 0 Å². The Morgan fingerprint density at radius 1 is 1.07 bits per heavy atom.